The highest BCUT2D eigenvalue weighted by Crippen LogP contribution is 2.30. The second kappa shape index (κ2) is 4.37. The summed E-state index contributed by atoms with van der Waals surface area (Å²) in [6, 6.07) is 8.10. The maximum atomic E-state index is 5.77. The summed E-state index contributed by atoms with van der Waals surface area (Å²) in [5, 5.41) is 5.55. The van der Waals surface area contributed by atoms with Gasteiger partial charge in [-0.1, -0.05) is 12.1 Å². The van der Waals surface area contributed by atoms with Crippen LogP contribution in [0.1, 0.15) is 25.5 Å². The normalized spacial score (nSPS) is 20.6. The van der Waals surface area contributed by atoms with E-state index in [4.69, 9.17) is 9.47 Å². The van der Waals surface area contributed by atoms with Crippen LogP contribution < -0.4 is 4.74 Å². The molecule has 1 aliphatic rings. The predicted molar refractivity (Wildman–Crippen MR) is 65.1 cm³/mol. The van der Waals surface area contributed by atoms with E-state index in [0.717, 1.165) is 30.4 Å². The van der Waals surface area contributed by atoms with Crippen LogP contribution >= 0.6 is 0 Å². The number of rotatable bonds is 2. The minimum Gasteiger partial charge on any atom is -0.479 e. The van der Waals surface area contributed by atoms with Crippen LogP contribution in [-0.4, -0.2) is 23.5 Å². The van der Waals surface area contributed by atoms with Crippen molar-refractivity contribution >= 4 is 10.9 Å². The van der Waals surface area contributed by atoms with Gasteiger partial charge in [-0.05, 0) is 31.4 Å². The lowest BCUT2D eigenvalue weighted by Gasteiger charge is -2.23. The standard InChI is InChI=1S/C13H16N2O2/c1-16-13-10-6-2-3-7-11(10)15(14-13)12-8-4-5-9-17-12/h2-3,6-7,12H,4-5,8-9H2,1H3. The number of ether oxygens (including phenoxy) is 2. The van der Waals surface area contributed by atoms with Crippen molar-refractivity contribution in [3.05, 3.63) is 24.3 Å². The molecule has 1 unspecified atom stereocenters. The topological polar surface area (TPSA) is 36.3 Å². The zero-order valence-corrected chi connectivity index (χ0v) is 9.93. The van der Waals surface area contributed by atoms with Crippen molar-refractivity contribution in [3.8, 4) is 5.88 Å². The Balaban J connectivity index is 2.08. The van der Waals surface area contributed by atoms with Crippen LogP contribution in [-0.2, 0) is 4.74 Å². The highest BCUT2D eigenvalue weighted by molar-refractivity contribution is 5.84. The van der Waals surface area contributed by atoms with Gasteiger partial charge in [-0.3, -0.25) is 0 Å². The van der Waals surface area contributed by atoms with Gasteiger partial charge in [0.05, 0.1) is 18.0 Å². The van der Waals surface area contributed by atoms with Gasteiger partial charge in [-0.25, -0.2) is 4.68 Å². The van der Waals surface area contributed by atoms with Crippen molar-refractivity contribution in [2.75, 3.05) is 13.7 Å². The van der Waals surface area contributed by atoms with E-state index in [1.807, 2.05) is 22.9 Å². The van der Waals surface area contributed by atoms with E-state index in [-0.39, 0.29) is 6.23 Å². The zero-order valence-electron chi connectivity index (χ0n) is 9.93. The summed E-state index contributed by atoms with van der Waals surface area (Å²) in [6.45, 7) is 0.821. The summed E-state index contributed by atoms with van der Waals surface area (Å²) in [6.07, 6.45) is 3.42. The van der Waals surface area contributed by atoms with Gasteiger partial charge in [-0.15, -0.1) is 5.10 Å². The molecule has 2 heterocycles. The summed E-state index contributed by atoms with van der Waals surface area (Å²) in [5.74, 6) is 0.676. The zero-order chi connectivity index (χ0) is 11.7. The number of nitrogens with zero attached hydrogens (tertiary/aromatic N) is 2. The van der Waals surface area contributed by atoms with E-state index in [9.17, 15) is 0 Å². The molecule has 0 radical (unpaired) electrons. The molecule has 1 atom stereocenters. The SMILES string of the molecule is COc1nn(C2CCCCO2)c2ccccc12. The first-order valence-corrected chi connectivity index (χ1v) is 6.03. The minimum atomic E-state index is 0.0533. The Morgan fingerprint density at radius 2 is 2.24 bits per heavy atom. The lowest BCUT2D eigenvalue weighted by molar-refractivity contribution is -0.0371. The van der Waals surface area contributed by atoms with E-state index < -0.39 is 0 Å². The number of para-hydroxylation sites is 1. The molecule has 1 aromatic heterocycles. The molecule has 1 aliphatic heterocycles. The average molecular weight is 232 g/mol. The number of benzene rings is 1. The van der Waals surface area contributed by atoms with Gasteiger partial charge >= 0.3 is 0 Å². The first-order valence-electron chi connectivity index (χ1n) is 6.03. The molecule has 4 nitrogen and oxygen atoms in total. The van der Waals surface area contributed by atoms with Crippen LogP contribution in [0.15, 0.2) is 24.3 Å². The number of aromatic nitrogens is 2. The number of hydrogen-bond acceptors (Lipinski definition) is 3. The molecule has 0 saturated carbocycles. The van der Waals surface area contributed by atoms with E-state index in [1.54, 1.807) is 7.11 Å². The van der Waals surface area contributed by atoms with E-state index in [1.165, 1.54) is 6.42 Å². The number of hydrogen-bond donors (Lipinski definition) is 0. The smallest absolute Gasteiger partial charge is 0.240 e. The van der Waals surface area contributed by atoms with Gasteiger partial charge in [-0.2, -0.15) is 0 Å². The van der Waals surface area contributed by atoms with Gasteiger partial charge in [0.15, 0.2) is 6.23 Å². The molecule has 0 N–H and O–H groups in total. The second-order valence-corrected chi connectivity index (χ2v) is 4.29. The Kier molecular flexibility index (Phi) is 2.73. The Labute approximate surface area is 100 Å². The Morgan fingerprint density at radius 1 is 1.35 bits per heavy atom. The third kappa shape index (κ3) is 1.78. The molecule has 17 heavy (non-hydrogen) atoms. The van der Waals surface area contributed by atoms with Crippen molar-refractivity contribution in [2.45, 2.75) is 25.5 Å². The van der Waals surface area contributed by atoms with E-state index in [2.05, 4.69) is 11.2 Å². The Bertz CT molecular complexity index is 515. The van der Waals surface area contributed by atoms with Gasteiger partial charge in [0, 0.05) is 6.61 Å². The first kappa shape index (κ1) is 10.6. The summed E-state index contributed by atoms with van der Waals surface area (Å²) in [4.78, 5) is 0. The van der Waals surface area contributed by atoms with E-state index in [0.29, 0.717) is 5.88 Å². The third-order valence-corrected chi connectivity index (χ3v) is 3.20. The van der Waals surface area contributed by atoms with Crippen molar-refractivity contribution < 1.29 is 9.47 Å². The van der Waals surface area contributed by atoms with Crippen molar-refractivity contribution in [1.29, 1.82) is 0 Å². The molecule has 2 aromatic rings. The predicted octanol–water partition coefficient (Wildman–Crippen LogP) is 2.74. The fourth-order valence-corrected chi connectivity index (χ4v) is 2.35. The van der Waals surface area contributed by atoms with Crippen LogP contribution in [0.5, 0.6) is 5.88 Å². The third-order valence-electron chi connectivity index (χ3n) is 3.20. The molecule has 0 bridgehead atoms. The quantitative estimate of drug-likeness (QED) is 0.798. The molecule has 1 saturated heterocycles. The fourth-order valence-electron chi connectivity index (χ4n) is 2.35. The minimum absolute atomic E-state index is 0.0533. The van der Waals surface area contributed by atoms with Crippen molar-refractivity contribution in [3.63, 3.8) is 0 Å². The first-order chi connectivity index (χ1) is 8.40. The summed E-state index contributed by atoms with van der Waals surface area (Å²) < 4.78 is 13.0. The highest BCUT2D eigenvalue weighted by atomic mass is 16.5. The molecular weight excluding hydrogens is 216 g/mol. The van der Waals surface area contributed by atoms with Gasteiger partial charge < -0.3 is 9.47 Å². The Hall–Kier alpha value is -1.55. The van der Waals surface area contributed by atoms with Gasteiger partial charge in [0.2, 0.25) is 5.88 Å². The largest absolute Gasteiger partial charge is 0.479 e. The van der Waals surface area contributed by atoms with Crippen molar-refractivity contribution in [1.82, 2.24) is 9.78 Å². The summed E-state index contributed by atoms with van der Waals surface area (Å²) in [5.41, 5.74) is 1.08. The molecule has 0 aliphatic carbocycles. The second-order valence-electron chi connectivity index (χ2n) is 4.29. The molecule has 90 valence electrons. The van der Waals surface area contributed by atoms with Crippen LogP contribution in [0, 0.1) is 0 Å². The summed E-state index contributed by atoms with van der Waals surface area (Å²) in [7, 11) is 1.65. The summed E-state index contributed by atoms with van der Waals surface area (Å²) >= 11 is 0. The molecule has 1 fully saturated rings. The van der Waals surface area contributed by atoms with Gasteiger partial charge in [0.1, 0.15) is 0 Å². The van der Waals surface area contributed by atoms with E-state index >= 15 is 0 Å². The maximum Gasteiger partial charge on any atom is 0.240 e. The van der Waals surface area contributed by atoms with Crippen LogP contribution in [0.3, 0.4) is 0 Å². The van der Waals surface area contributed by atoms with Crippen LogP contribution in [0.25, 0.3) is 10.9 Å². The van der Waals surface area contributed by atoms with Crippen LogP contribution in [0.2, 0.25) is 0 Å². The molecule has 1 aromatic carbocycles. The van der Waals surface area contributed by atoms with Gasteiger partial charge in [0.25, 0.3) is 0 Å². The molecule has 0 spiro atoms. The lowest BCUT2D eigenvalue weighted by Crippen LogP contribution is -2.19. The molecule has 0 amide bonds. The highest BCUT2D eigenvalue weighted by Gasteiger charge is 2.20. The average Bonchev–Trinajstić information content (AvgIpc) is 2.78. The number of fused-ring (bicyclic) bond motifs is 1. The lowest BCUT2D eigenvalue weighted by atomic mass is 10.2. The molecular formula is C13H16N2O2. The number of methoxy groups -OCH3 is 1. The van der Waals surface area contributed by atoms with Crippen LogP contribution in [0.4, 0.5) is 0 Å². The fraction of sp³-hybridized carbons (Fsp3) is 0.462. The molecule has 3 rings (SSSR count). The van der Waals surface area contributed by atoms with Crippen molar-refractivity contribution in [2.24, 2.45) is 0 Å². The molecule has 4 heteroatoms. The monoisotopic (exact) mass is 232 g/mol. The Morgan fingerprint density at radius 3 is 3.00 bits per heavy atom. The maximum absolute atomic E-state index is 5.77.